The predicted octanol–water partition coefficient (Wildman–Crippen LogP) is 4.89. The minimum atomic E-state index is 0.0526. The molecule has 0 radical (unpaired) electrons. The average Bonchev–Trinajstić information content (AvgIpc) is 3.42. The summed E-state index contributed by atoms with van der Waals surface area (Å²) in [5, 5.41) is 0. The van der Waals surface area contributed by atoms with Gasteiger partial charge in [-0.25, -0.2) is 4.98 Å². The third-order valence-electron chi connectivity index (χ3n) is 6.90. The molecule has 1 aromatic heterocycles. The molecule has 2 saturated heterocycles. The Morgan fingerprint density at radius 2 is 1.69 bits per heavy atom. The molecule has 0 spiro atoms. The molecule has 0 saturated carbocycles. The topological polar surface area (TPSA) is 67.8 Å². The van der Waals surface area contributed by atoms with Gasteiger partial charge in [0.2, 0.25) is 5.88 Å². The Kier molecular flexibility index (Phi) is 7.23. The highest BCUT2D eigenvalue weighted by Gasteiger charge is 2.30. The van der Waals surface area contributed by atoms with E-state index in [0.29, 0.717) is 23.9 Å². The first kappa shape index (κ1) is 23.3. The smallest absolute Gasteiger partial charge is 0.254 e. The molecule has 0 aliphatic carbocycles. The van der Waals surface area contributed by atoms with Crippen molar-refractivity contribution in [1.29, 1.82) is 0 Å². The number of carbonyl (C=O) groups is 1. The second-order valence-corrected chi connectivity index (χ2v) is 9.23. The summed E-state index contributed by atoms with van der Waals surface area (Å²) in [5.74, 6) is 1.85. The molecule has 2 aromatic carbocycles. The minimum Gasteiger partial charge on any atom is -0.493 e. The maximum atomic E-state index is 13.7. The number of methoxy groups -OCH3 is 1. The fraction of sp³-hybridized carbons (Fsp3) is 0.393. The first-order valence-electron chi connectivity index (χ1n) is 12.4. The molecule has 3 heterocycles. The van der Waals surface area contributed by atoms with Gasteiger partial charge in [0, 0.05) is 43.5 Å². The Balaban J connectivity index is 1.35. The summed E-state index contributed by atoms with van der Waals surface area (Å²) in [7, 11) is 1.62. The quantitative estimate of drug-likeness (QED) is 0.488. The second kappa shape index (κ2) is 10.9. The van der Waals surface area contributed by atoms with Crippen LogP contribution in [0, 0.1) is 0 Å². The number of ether oxygens (including phenoxy) is 2. The predicted molar refractivity (Wildman–Crippen MR) is 134 cm³/mol. The van der Waals surface area contributed by atoms with E-state index in [0.717, 1.165) is 55.8 Å². The van der Waals surface area contributed by atoms with E-state index < -0.39 is 0 Å². The Morgan fingerprint density at radius 3 is 2.51 bits per heavy atom. The van der Waals surface area contributed by atoms with Gasteiger partial charge >= 0.3 is 0 Å². The summed E-state index contributed by atoms with van der Waals surface area (Å²) in [5.41, 5.74) is 2.70. The highest BCUT2D eigenvalue weighted by molar-refractivity contribution is 5.95. The lowest BCUT2D eigenvalue weighted by molar-refractivity contribution is 0.0702. The first-order chi connectivity index (χ1) is 17.2. The van der Waals surface area contributed by atoms with Crippen molar-refractivity contribution in [2.75, 3.05) is 33.3 Å². The molecule has 0 unspecified atom stereocenters. The number of amides is 1. The van der Waals surface area contributed by atoms with E-state index in [-0.39, 0.29) is 11.8 Å². The van der Waals surface area contributed by atoms with Crippen LogP contribution in [-0.4, -0.2) is 59.0 Å². The normalized spacial score (nSPS) is 18.4. The molecule has 2 aliphatic rings. The molecule has 2 aliphatic heterocycles. The Hall–Kier alpha value is -3.45. The van der Waals surface area contributed by atoms with E-state index in [1.807, 2.05) is 47.4 Å². The molecule has 7 heteroatoms. The summed E-state index contributed by atoms with van der Waals surface area (Å²) < 4.78 is 11.6. The number of benzene rings is 2. The van der Waals surface area contributed by atoms with Gasteiger partial charge < -0.3 is 14.4 Å². The Morgan fingerprint density at radius 1 is 0.943 bits per heavy atom. The molecule has 0 N–H and O–H groups in total. The van der Waals surface area contributed by atoms with E-state index in [4.69, 9.17) is 9.47 Å². The number of nitrogens with zero attached hydrogens (tertiary/aromatic N) is 4. The van der Waals surface area contributed by atoms with Crippen LogP contribution in [0.3, 0.4) is 0 Å². The third kappa shape index (κ3) is 5.30. The van der Waals surface area contributed by atoms with Gasteiger partial charge in [0.15, 0.2) is 11.5 Å². The molecule has 182 valence electrons. The summed E-state index contributed by atoms with van der Waals surface area (Å²) in [6.45, 7) is 4.39. The second-order valence-electron chi connectivity index (χ2n) is 9.23. The largest absolute Gasteiger partial charge is 0.493 e. The lowest BCUT2D eigenvalue weighted by Gasteiger charge is -2.33. The number of para-hydroxylation sites is 2. The minimum absolute atomic E-state index is 0.0526. The number of carbonyl (C=O) groups excluding carboxylic acids is 1. The number of aromatic nitrogens is 2. The molecule has 3 aromatic rings. The van der Waals surface area contributed by atoms with Crippen LogP contribution in [-0.2, 0) is 6.54 Å². The van der Waals surface area contributed by atoms with Gasteiger partial charge in [-0.1, -0.05) is 30.3 Å². The van der Waals surface area contributed by atoms with Crippen molar-refractivity contribution in [2.45, 2.75) is 38.1 Å². The van der Waals surface area contributed by atoms with Gasteiger partial charge in [-0.2, -0.15) is 0 Å². The monoisotopic (exact) mass is 472 g/mol. The van der Waals surface area contributed by atoms with Gasteiger partial charge in [0.25, 0.3) is 5.91 Å². The van der Waals surface area contributed by atoms with E-state index in [1.165, 1.54) is 12.8 Å². The number of piperidine rings is 1. The SMILES string of the molecule is COc1ccccc1Oc1nccnc1[C@H]1CCCN(C(=O)c2ccccc2CN2CCCC2)C1. The van der Waals surface area contributed by atoms with Crippen molar-refractivity contribution < 1.29 is 14.3 Å². The maximum Gasteiger partial charge on any atom is 0.254 e. The van der Waals surface area contributed by atoms with Crippen molar-refractivity contribution >= 4 is 5.91 Å². The average molecular weight is 473 g/mol. The third-order valence-corrected chi connectivity index (χ3v) is 6.90. The number of rotatable bonds is 7. The molecule has 35 heavy (non-hydrogen) atoms. The van der Waals surface area contributed by atoms with Crippen molar-refractivity contribution in [3.63, 3.8) is 0 Å². The molecule has 2 fully saturated rings. The first-order valence-corrected chi connectivity index (χ1v) is 12.4. The standard InChI is InChI=1S/C28H32N4O3/c1-34-24-12-4-5-13-25(24)35-27-26(29-14-15-30-27)22-10-8-18-32(20-22)28(33)23-11-3-2-9-21(23)19-31-16-6-7-17-31/h2-5,9,11-15,22H,6-8,10,16-20H2,1H3/t22-/m0/s1. The van der Waals surface area contributed by atoms with Crippen LogP contribution < -0.4 is 9.47 Å². The van der Waals surface area contributed by atoms with E-state index in [1.54, 1.807) is 19.5 Å². The lowest BCUT2D eigenvalue weighted by atomic mass is 9.93. The fourth-order valence-electron chi connectivity index (χ4n) is 5.11. The lowest BCUT2D eigenvalue weighted by Crippen LogP contribution is -2.40. The van der Waals surface area contributed by atoms with Crippen LogP contribution in [0.4, 0.5) is 0 Å². The van der Waals surface area contributed by atoms with Crippen LogP contribution in [0.1, 0.15) is 53.2 Å². The van der Waals surface area contributed by atoms with Gasteiger partial charge in [0.1, 0.15) is 5.69 Å². The van der Waals surface area contributed by atoms with Crippen molar-refractivity contribution in [3.8, 4) is 17.4 Å². The molecular formula is C28H32N4O3. The van der Waals surface area contributed by atoms with E-state index in [9.17, 15) is 4.79 Å². The summed E-state index contributed by atoms with van der Waals surface area (Å²) in [6, 6.07) is 15.6. The molecule has 1 amide bonds. The van der Waals surface area contributed by atoms with Gasteiger partial charge in [0.05, 0.1) is 7.11 Å². The van der Waals surface area contributed by atoms with Crippen LogP contribution in [0.2, 0.25) is 0 Å². The summed E-state index contributed by atoms with van der Waals surface area (Å²) >= 11 is 0. The van der Waals surface area contributed by atoms with Gasteiger partial charge in [-0.15, -0.1) is 0 Å². The van der Waals surface area contributed by atoms with Crippen molar-refractivity contribution in [2.24, 2.45) is 0 Å². The highest BCUT2D eigenvalue weighted by Crippen LogP contribution is 2.36. The molecular weight excluding hydrogens is 440 g/mol. The number of hydrogen-bond donors (Lipinski definition) is 0. The Bertz CT molecular complexity index is 1160. The molecule has 0 bridgehead atoms. The molecule has 7 nitrogen and oxygen atoms in total. The van der Waals surface area contributed by atoms with Gasteiger partial charge in [-0.3, -0.25) is 14.7 Å². The van der Waals surface area contributed by atoms with Crippen molar-refractivity contribution in [1.82, 2.24) is 19.8 Å². The zero-order chi connectivity index (χ0) is 24.0. The van der Waals surface area contributed by atoms with Crippen molar-refractivity contribution in [3.05, 3.63) is 77.7 Å². The maximum absolute atomic E-state index is 13.7. The number of hydrogen-bond acceptors (Lipinski definition) is 6. The fourth-order valence-corrected chi connectivity index (χ4v) is 5.11. The summed E-state index contributed by atoms with van der Waals surface area (Å²) in [6.07, 6.45) is 7.64. The summed E-state index contributed by atoms with van der Waals surface area (Å²) in [4.78, 5) is 27.2. The van der Waals surface area contributed by atoms with Crippen LogP contribution in [0.25, 0.3) is 0 Å². The van der Waals surface area contributed by atoms with Crippen LogP contribution in [0.15, 0.2) is 60.9 Å². The highest BCUT2D eigenvalue weighted by atomic mass is 16.5. The molecule has 5 rings (SSSR count). The van der Waals surface area contributed by atoms with E-state index >= 15 is 0 Å². The van der Waals surface area contributed by atoms with Crippen LogP contribution >= 0.6 is 0 Å². The van der Waals surface area contributed by atoms with E-state index in [2.05, 4.69) is 20.9 Å². The zero-order valence-corrected chi connectivity index (χ0v) is 20.2. The zero-order valence-electron chi connectivity index (χ0n) is 20.2. The Labute approximate surface area is 206 Å². The molecule has 1 atom stereocenters. The van der Waals surface area contributed by atoms with Gasteiger partial charge in [-0.05, 0) is 62.5 Å². The number of likely N-dealkylation sites (tertiary alicyclic amines) is 2. The van der Waals surface area contributed by atoms with Crippen LogP contribution in [0.5, 0.6) is 17.4 Å².